The third-order valence-electron chi connectivity index (χ3n) is 3.85. The van der Waals surface area contributed by atoms with Gasteiger partial charge in [0.2, 0.25) is 5.88 Å². The Kier molecular flexibility index (Phi) is 5.85. The zero-order valence-electron chi connectivity index (χ0n) is 14.7. The molecule has 128 valence electrons. The summed E-state index contributed by atoms with van der Waals surface area (Å²) in [7, 11) is 0. The molecule has 1 amide bonds. The summed E-state index contributed by atoms with van der Waals surface area (Å²) in [4.78, 5) is 18.4. The molecule has 1 saturated heterocycles. The van der Waals surface area contributed by atoms with Gasteiger partial charge in [-0.05, 0) is 58.6 Å². The highest BCUT2D eigenvalue weighted by molar-refractivity contribution is 5.68. The van der Waals surface area contributed by atoms with Gasteiger partial charge in [0, 0.05) is 31.3 Å². The zero-order chi connectivity index (χ0) is 16.9. The molecular formula is C18H28N2O3. The molecule has 5 nitrogen and oxygen atoms in total. The van der Waals surface area contributed by atoms with E-state index < -0.39 is 5.60 Å². The Bertz CT molecular complexity index is 525. The maximum absolute atomic E-state index is 12.4. The van der Waals surface area contributed by atoms with Crippen LogP contribution < -0.4 is 4.74 Å². The zero-order valence-corrected chi connectivity index (χ0v) is 14.7. The maximum atomic E-state index is 12.4. The topological polar surface area (TPSA) is 51.7 Å². The molecule has 0 aliphatic carbocycles. The highest BCUT2D eigenvalue weighted by Gasteiger charge is 2.30. The summed E-state index contributed by atoms with van der Waals surface area (Å²) in [6, 6.07) is 4.05. The molecule has 0 spiro atoms. The van der Waals surface area contributed by atoms with Gasteiger partial charge in [-0.3, -0.25) is 0 Å². The molecule has 1 aliphatic rings. The van der Waals surface area contributed by atoms with Crippen LogP contribution in [0.5, 0.6) is 5.88 Å². The number of carbonyl (C=O) groups excluding carboxylic acids is 1. The largest absolute Gasteiger partial charge is 0.478 e. The molecule has 0 N–H and O–H groups in total. The van der Waals surface area contributed by atoms with Gasteiger partial charge >= 0.3 is 6.09 Å². The van der Waals surface area contributed by atoms with Gasteiger partial charge in [0.15, 0.2) is 0 Å². The van der Waals surface area contributed by atoms with Crippen LogP contribution in [-0.2, 0) is 4.74 Å². The van der Waals surface area contributed by atoms with Crippen LogP contribution in [0.4, 0.5) is 4.79 Å². The van der Waals surface area contributed by atoms with Crippen LogP contribution >= 0.6 is 0 Å². The lowest BCUT2D eigenvalue weighted by molar-refractivity contribution is 0.00738. The van der Waals surface area contributed by atoms with Crippen LogP contribution in [0.3, 0.4) is 0 Å². The quantitative estimate of drug-likeness (QED) is 0.843. The van der Waals surface area contributed by atoms with Crippen molar-refractivity contribution in [2.75, 3.05) is 13.2 Å². The van der Waals surface area contributed by atoms with Crippen LogP contribution in [0.25, 0.3) is 0 Å². The Morgan fingerprint density at radius 2 is 2.17 bits per heavy atom. The van der Waals surface area contributed by atoms with E-state index in [0.29, 0.717) is 12.5 Å². The van der Waals surface area contributed by atoms with Crippen molar-refractivity contribution in [3.63, 3.8) is 0 Å². The maximum Gasteiger partial charge on any atom is 0.410 e. The number of piperidine rings is 1. The van der Waals surface area contributed by atoms with Crippen molar-refractivity contribution >= 4 is 6.09 Å². The van der Waals surface area contributed by atoms with E-state index in [1.165, 1.54) is 0 Å². The van der Waals surface area contributed by atoms with E-state index in [9.17, 15) is 4.79 Å². The minimum atomic E-state index is -0.457. The average Bonchev–Trinajstić information content (AvgIpc) is 2.46. The number of aromatic nitrogens is 1. The van der Waals surface area contributed by atoms with Crippen LogP contribution in [-0.4, -0.2) is 40.8 Å². The molecule has 0 saturated carbocycles. The van der Waals surface area contributed by atoms with Gasteiger partial charge in [0.25, 0.3) is 0 Å². The van der Waals surface area contributed by atoms with Crippen molar-refractivity contribution in [2.45, 2.75) is 65.0 Å². The fourth-order valence-corrected chi connectivity index (χ4v) is 2.75. The normalized spacial score (nSPS) is 18.6. The number of hydrogen-bond donors (Lipinski definition) is 0. The van der Waals surface area contributed by atoms with Crippen LogP contribution in [0.1, 0.15) is 52.0 Å². The molecule has 2 heterocycles. The molecule has 5 heteroatoms. The number of amides is 1. The minimum Gasteiger partial charge on any atom is -0.478 e. The molecule has 1 fully saturated rings. The lowest BCUT2D eigenvalue weighted by Crippen LogP contribution is -2.46. The predicted octanol–water partition coefficient (Wildman–Crippen LogP) is 3.95. The van der Waals surface area contributed by atoms with Gasteiger partial charge in [-0.1, -0.05) is 0 Å². The summed E-state index contributed by atoms with van der Waals surface area (Å²) in [6.45, 7) is 9.03. The van der Waals surface area contributed by atoms with Gasteiger partial charge in [-0.15, -0.1) is 0 Å². The highest BCUT2D eigenvalue weighted by atomic mass is 16.6. The molecule has 1 aromatic rings. The second kappa shape index (κ2) is 7.66. The molecular weight excluding hydrogens is 292 g/mol. The Morgan fingerprint density at radius 3 is 2.87 bits per heavy atom. The summed E-state index contributed by atoms with van der Waals surface area (Å²) in [5.74, 6) is 0.643. The van der Waals surface area contributed by atoms with E-state index in [2.05, 4.69) is 4.98 Å². The predicted molar refractivity (Wildman–Crippen MR) is 89.7 cm³/mol. The molecule has 1 aliphatic heterocycles. The monoisotopic (exact) mass is 320 g/mol. The molecule has 1 aromatic heterocycles. The summed E-state index contributed by atoms with van der Waals surface area (Å²) in [5.41, 5.74) is 0.671. The number of likely N-dealkylation sites (tertiary alicyclic amines) is 1. The Labute approximate surface area is 139 Å². The first kappa shape index (κ1) is 17.6. The van der Waals surface area contributed by atoms with Gasteiger partial charge in [-0.2, -0.15) is 0 Å². The molecule has 0 aromatic carbocycles. The lowest BCUT2D eigenvalue weighted by atomic mass is 10.0. The number of ether oxygens (including phenoxy) is 2. The molecule has 0 bridgehead atoms. The van der Waals surface area contributed by atoms with E-state index >= 15 is 0 Å². The van der Waals surface area contributed by atoms with Crippen molar-refractivity contribution in [3.8, 4) is 5.88 Å². The van der Waals surface area contributed by atoms with Crippen LogP contribution in [0.15, 0.2) is 18.3 Å². The second-order valence-corrected chi connectivity index (χ2v) is 7.13. The van der Waals surface area contributed by atoms with Crippen LogP contribution in [0, 0.1) is 6.92 Å². The summed E-state index contributed by atoms with van der Waals surface area (Å²) in [5, 5.41) is 0. The number of rotatable bonds is 4. The summed E-state index contributed by atoms with van der Waals surface area (Å²) < 4.78 is 11.3. The fraction of sp³-hybridized carbons (Fsp3) is 0.667. The fourth-order valence-electron chi connectivity index (χ4n) is 2.75. The van der Waals surface area contributed by atoms with Gasteiger partial charge < -0.3 is 14.4 Å². The first-order chi connectivity index (χ1) is 10.8. The molecule has 23 heavy (non-hydrogen) atoms. The number of pyridine rings is 1. The number of nitrogens with zero attached hydrogens (tertiary/aromatic N) is 2. The summed E-state index contributed by atoms with van der Waals surface area (Å²) >= 11 is 0. The average molecular weight is 320 g/mol. The molecule has 1 atom stereocenters. The van der Waals surface area contributed by atoms with Crippen molar-refractivity contribution in [1.29, 1.82) is 0 Å². The third kappa shape index (κ3) is 5.73. The first-order valence-corrected chi connectivity index (χ1v) is 8.40. The van der Waals surface area contributed by atoms with Gasteiger partial charge in [0.1, 0.15) is 5.60 Å². The van der Waals surface area contributed by atoms with Gasteiger partial charge in [-0.25, -0.2) is 9.78 Å². The molecule has 1 unspecified atom stereocenters. The van der Waals surface area contributed by atoms with Crippen molar-refractivity contribution < 1.29 is 14.3 Å². The van der Waals surface area contributed by atoms with E-state index in [4.69, 9.17) is 9.47 Å². The number of carbonyl (C=O) groups is 1. The molecule has 0 radical (unpaired) electrons. The van der Waals surface area contributed by atoms with Crippen molar-refractivity contribution in [3.05, 3.63) is 23.9 Å². The standard InChI is InChI=1S/C18H28N2O3/c1-14-8-10-19-16(13-14)22-12-9-15-7-5-6-11-20(15)17(21)23-18(2,3)4/h8,10,13,15H,5-7,9,11-12H2,1-4H3. The SMILES string of the molecule is Cc1ccnc(OCCC2CCCCN2C(=O)OC(C)(C)C)c1. The lowest BCUT2D eigenvalue weighted by Gasteiger charge is -2.36. The highest BCUT2D eigenvalue weighted by Crippen LogP contribution is 2.22. The Hall–Kier alpha value is -1.78. The third-order valence-corrected chi connectivity index (χ3v) is 3.85. The first-order valence-electron chi connectivity index (χ1n) is 8.40. The van der Waals surface area contributed by atoms with Crippen molar-refractivity contribution in [1.82, 2.24) is 9.88 Å². The van der Waals surface area contributed by atoms with E-state index in [1.54, 1.807) is 6.20 Å². The second-order valence-electron chi connectivity index (χ2n) is 7.13. The summed E-state index contributed by atoms with van der Waals surface area (Å²) in [6.07, 6.45) is 5.52. The number of aryl methyl sites for hydroxylation is 1. The van der Waals surface area contributed by atoms with Gasteiger partial charge in [0.05, 0.1) is 6.61 Å². The van der Waals surface area contributed by atoms with Crippen molar-refractivity contribution in [2.24, 2.45) is 0 Å². The Balaban J connectivity index is 1.87. The molecule has 2 rings (SSSR count). The number of hydrogen-bond acceptors (Lipinski definition) is 4. The Morgan fingerprint density at radius 1 is 1.39 bits per heavy atom. The van der Waals surface area contributed by atoms with E-state index in [-0.39, 0.29) is 12.1 Å². The minimum absolute atomic E-state index is 0.184. The van der Waals surface area contributed by atoms with E-state index in [0.717, 1.165) is 37.8 Å². The van der Waals surface area contributed by atoms with Crippen LogP contribution in [0.2, 0.25) is 0 Å². The smallest absolute Gasteiger partial charge is 0.410 e. The van der Waals surface area contributed by atoms with E-state index in [1.807, 2.05) is 44.7 Å².